The second-order valence-electron chi connectivity index (χ2n) is 7.68. The number of aromatic nitrogens is 2. The first kappa shape index (κ1) is 24.3. The van der Waals surface area contributed by atoms with Crippen LogP contribution in [0.5, 0.6) is 17.2 Å². The third-order valence-corrected chi connectivity index (χ3v) is 5.95. The van der Waals surface area contributed by atoms with E-state index in [9.17, 15) is 9.28 Å². The Morgan fingerprint density at radius 2 is 1.63 bits per heavy atom. The fraction of sp³-hybridized carbons (Fsp3) is 0.192. The molecule has 2 aromatic carbocycles. The van der Waals surface area contributed by atoms with Gasteiger partial charge in [0, 0.05) is 36.0 Å². The molecule has 0 radical (unpaired) electrons. The van der Waals surface area contributed by atoms with Gasteiger partial charge in [-0.2, -0.15) is 0 Å². The summed E-state index contributed by atoms with van der Waals surface area (Å²) >= 11 is 1.06. The van der Waals surface area contributed by atoms with Gasteiger partial charge in [-0.15, -0.1) is 16.5 Å². The zero-order valence-corrected chi connectivity index (χ0v) is 20.3. The van der Waals surface area contributed by atoms with E-state index in [-0.39, 0.29) is 15.8 Å². The summed E-state index contributed by atoms with van der Waals surface area (Å²) in [4.78, 5) is 20.6. The lowest BCUT2D eigenvalue weighted by atomic mass is 10.0. The molecule has 2 aromatic heterocycles. The number of benzene rings is 2. The van der Waals surface area contributed by atoms with E-state index in [1.54, 1.807) is 12.5 Å². The number of ether oxygens (including phenoxy) is 3. The molecule has 0 spiro atoms. The van der Waals surface area contributed by atoms with Gasteiger partial charge in [0.15, 0.2) is 0 Å². The van der Waals surface area contributed by atoms with Crippen molar-refractivity contribution in [2.45, 2.75) is 13.8 Å². The number of rotatable bonds is 9. The Hall–Kier alpha value is -3.82. The topological polar surface area (TPSA) is 73.8 Å². The molecule has 0 bridgehead atoms. The first-order chi connectivity index (χ1) is 17.0. The van der Waals surface area contributed by atoms with Crippen LogP contribution < -0.4 is 14.6 Å². The molecule has 0 unspecified atom stereocenters. The van der Waals surface area contributed by atoms with E-state index in [0.717, 1.165) is 33.8 Å². The smallest absolute Gasteiger partial charge is 0.288 e. The van der Waals surface area contributed by atoms with Gasteiger partial charge in [0.2, 0.25) is 5.13 Å². The molecule has 0 saturated heterocycles. The second kappa shape index (κ2) is 11.1. The summed E-state index contributed by atoms with van der Waals surface area (Å²) in [5, 5.41) is 1.77. The van der Waals surface area contributed by atoms with Crippen molar-refractivity contribution in [1.29, 1.82) is 0 Å². The molecular weight excluding hydrogens is 469 g/mol. The van der Waals surface area contributed by atoms with E-state index in [2.05, 4.69) is 9.97 Å². The monoisotopic (exact) mass is 493 g/mol. The third kappa shape index (κ3) is 5.82. The number of halogens is 1. The van der Waals surface area contributed by atoms with Crippen molar-refractivity contribution in [3.8, 4) is 28.5 Å². The predicted molar refractivity (Wildman–Crippen MR) is 133 cm³/mol. The highest BCUT2D eigenvalue weighted by atomic mass is 32.1. The van der Waals surface area contributed by atoms with Crippen LogP contribution in [-0.2, 0) is 4.74 Å². The van der Waals surface area contributed by atoms with Crippen molar-refractivity contribution >= 4 is 22.4 Å². The summed E-state index contributed by atoms with van der Waals surface area (Å²) < 4.78 is 31.3. The van der Waals surface area contributed by atoms with Crippen LogP contribution in [0, 0.1) is 13.8 Å². The molecule has 4 aromatic rings. The van der Waals surface area contributed by atoms with Gasteiger partial charge in [0.05, 0.1) is 12.3 Å². The average Bonchev–Trinajstić information content (AvgIpc) is 3.34. The molecule has 7 nitrogen and oxygen atoms in total. The van der Waals surface area contributed by atoms with Gasteiger partial charge in [-0.25, -0.2) is 4.98 Å². The summed E-state index contributed by atoms with van der Waals surface area (Å²) in [6, 6.07) is 14.1. The van der Waals surface area contributed by atoms with E-state index in [0.29, 0.717) is 30.4 Å². The first-order valence-corrected chi connectivity index (χ1v) is 11.7. The number of hydrogen-bond acceptors (Lipinski definition) is 7. The summed E-state index contributed by atoms with van der Waals surface area (Å²) in [5.41, 5.74) is 3.49. The molecule has 180 valence electrons. The number of thiazole rings is 1. The van der Waals surface area contributed by atoms with E-state index >= 15 is 0 Å². The van der Waals surface area contributed by atoms with Crippen molar-refractivity contribution in [3.63, 3.8) is 0 Å². The summed E-state index contributed by atoms with van der Waals surface area (Å²) in [6.07, 6.45) is 2.88. The third-order valence-electron chi connectivity index (χ3n) is 5.14. The zero-order chi connectivity index (χ0) is 24.8. The average molecular weight is 494 g/mol. The SMILES string of the molecule is COCCOc1ccc(Oc2cc(C)c(-c3csc(N(F)C(=O)c4ccncc4)n3)c(C)c2)cc1. The van der Waals surface area contributed by atoms with Gasteiger partial charge in [-0.3, -0.25) is 9.78 Å². The quantitative estimate of drug-likeness (QED) is 0.205. The lowest BCUT2D eigenvalue weighted by Gasteiger charge is -2.13. The van der Waals surface area contributed by atoms with Gasteiger partial charge in [-0.1, -0.05) is 4.48 Å². The Balaban J connectivity index is 1.48. The standard InChI is InChI=1S/C26H24FN3O4S/c1-17-14-22(34-21-6-4-20(5-7-21)33-13-12-32-3)15-18(2)24(17)23-16-35-26(29-23)30(27)25(31)19-8-10-28-11-9-19/h4-11,14-16H,12-13H2,1-3H3. The van der Waals surface area contributed by atoms with Crippen LogP contribution in [0.4, 0.5) is 9.61 Å². The van der Waals surface area contributed by atoms with Crippen LogP contribution in [0.25, 0.3) is 11.3 Å². The Kier molecular flexibility index (Phi) is 7.69. The lowest BCUT2D eigenvalue weighted by Crippen LogP contribution is -2.21. The number of hydrogen-bond donors (Lipinski definition) is 0. The van der Waals surface area contributed by atoms with Crippen LogP contribution in [0.1, 0.15) is 21.5 Å². The fourth-order valence-electron chi connectivity index (χ4n) is 3.53. The minimum Gasteiger partial charge on any atom is -0.491 e. The molecule has 0 saturated carbocycles. The molecule has 0 aliphatic heterocycles. The maximum atomic E-state index is 14.7. The van der Waals surface area contributed by atoms with E-state index in [4.69, 9.17) is 14.2 Å². The molecule has 0 aliphatic rings. The van der Waals surface area contributed by atoms with Crippen LogP contribution in [-0.4, -0.2) is 36.2 Å². The molecule has 0 N–H and O–H groups in total. The zero-order valence-electron chi connectivity index (χ0n) is 19.5. The Morgan fingerprint density at radius 3 is 2.29 bits per heavy atom. The van der Waals surface area contributed by atoms with E-state index in [1.165, 1.54) is 24.5 Å². The van der Waals surface area contributed by atoms with Gasteiger partial charge in [0.25, 0.3) is 5.91 Å². The summed E-state index contributed by atoms with van der Waals surface area (Å²) in [5.74, 6) is 1.29. The Bertz CT molecular complexity index is 1270. The second-order valence-corrected chi connectivity index (χ2v) is 8.52. The summed E-state index contributed by atoms with van der Waals surface area (Å²) in [7, 11) is 1.63. The van der Waals surface area contributed by atoms with Crippen molar-refractivity contribution in [2.75, 3.05) is 25.4 Å². The first-order valence-electron chi connectivity index (χ1n) is 10.8. The van der Waals surface area contributed by atoms with Crippen molar-refractivity contribution < 1.29 is 23.5 Å². The van der Waals surface area contributed by atoms with Gasteiger partial charge in [-0.05, 0) is 73.5 Å². The highest BCUT2D eigenvalue weighted by Crippen LogP contribution is 2.36. The molecule has 35 heavy (non-hydrogen) atoms. The van der Waals surface area contributed by atoms with Crippen LogP contribution in [0.2, 0.25) is 0 Å². The lowest BCUT2D eigenvalue weighted by molar-refractivity contribution is 0.0931. The van der Waals surface area contributed by atoms with Crippen LogP contribution >= 0.6 is 11.3 Å². The number of nitrogens with zero attached hydrogens (tertiary/aromatic N) is 3. The summed E-state index contributed by atoms with van der Waals surface area (Å²) in [6.45, 7) is 4.88. The molecule has 0 aliphatic carbocycles. The fourth-order valence-corrected chi connectivity index (χ4v) is 4.25. The normalized spacial score (nSPS) is 10.7. The minimum atomic E-state index is -0.791. The molecule has 1 amide bonds. The van der Waals surface area contributed by atoms with E-state index in [1.807, 2.05) is 50.2 Å². The minimum absolute atomic E-state index is 0.0336. The van der Waals surface area contributed by atoms with Crippen molar-refractivity contribution in [1.82, 2.24) is 9.97 Å². The molecule has 0 atom stereocenters. The highest BCUT2D eigenvalue weighted by molar-refractivity contribution is 7.14. The number of carbonyl (C=O) groups is 1. The molecule has 4 rings (SSSR count). The molecule has 9 heteroatoms. The van der Waals surface area contributed by atoms with Crippen molar-refractivity contribution in [3.05, 3.63) is 83.0 Å². The number of amides is 1. The van der Waals surface area contributed by atoms with Crippen LogP contribution in [0.15, 0.2) is 66.3 Å². The largest absolute Gasteiger partial charge is 0.491 e. The number of anilines is 1. The highest BCUT2D eigenvalue weighted by Gasteiger charge is 2.22. The van der Waals surface area contributed by atoms with Crippen LogP contribution in [0.3, 0.4) is 0 Å². The Labute approximate surface area is 206 Å². The Morgan fingerprint density at radius 1 is 0.971 bits per heavy atom. The van der Waals surface area contributed by atoms with Gasteiger partial charge >= 0.3 is 0 Å². The number of carbonyl (C=O) groups excluding carboxylic acids is 1. The maximum Gasteiger partial charge on any atom is 0.288 e. The predicted octanol–water partition coefficient (Wildman–Crippen LogP) is 6.17. The molecule has 0 fully saturated rings. The molecule has 2 heterocycles. The molecular formula is C26H24FN3O4S. The van der Waals surface area contributed by atoms with E-state index < -0.39 is 5.91 Å². The van der Waals surface area contributed by atoms with Crippen molar-refractivity contribution in [2.24, 2.45) is 0 Å². The van der Waals surface area contributed by atoms with Gasteiger partial charge in [0.1, 0.15) is 23.9 Å². The maximum absolute atomic E-state index is 14.7. The number of aryl methyl sites for hydroxylation is 2. The number of pyridine rings is 1. The number of methoxy groups -OCH3 is 1. The van der Waals surface area contributed by atoms with Gasteiger partial charge < -0.3 is 14.2 Å².